The van der Waals surface area contributed by atoms with Crippen LogP contribution in [-0.4, -0.2) is 27.8 Å². The number of aromatic nitrogens is 2. The first-order chi connectivity index (χ1) is 8.56. The van der Waals surface area contributed by atoms with Crippen LogP contribution in [0.3, 0.4) is 0 Å². The van der Waals surface area contributed by atoms with Crippen LogP contribution in [0, 0.1) is 13.8 Å². The summed E-state index contributed by atoms with van der Waals surface area (Å²) in [5.41, 5.74) is 7.97. The SMILES string of the molecule is Cc1cc(C)n(CC(=O)N[C@@H]2CCCC[C@H]2N)n1. The standard InChI is InChI=1S/C13H22N4O/c1-9-7-10(2)17(16-9)8-13(18)15-12-6-4-3-5-11(12)14/h7,11-12H,3-6,8,14H2,1-2H3,(H,15,18)/t11-,12-/m1/s1. The van der Waals surface area contributed by atoms with Crippen LogP contribution in [0.5, 0.6) is 0 Å². The summed E-state index contributed by atoms with van der Waals surface area (Å²) in [6, 6.07) is 2.20. The van der Waals surface area contributed by atoms with Gasteiger partial charge in [-0.05, 0) is 32.8 Å². The number of nitrogens with zero attached hydrogens (tertiary/aromatic N) is 2. The molecule has 0 bridgehead atoms. The van der Waals surface area contributed by atoms with Gasteiger partial charge in [0, 0.05) is 17.8 Å². The van der Waals surface area contributed by atoms with Gasteiger partial charge in [-0.3, -0.25) is 9.48 Å². The van der Waals surface area contributed by atoms with Crippen molar-refractivity contribution in [3.05, 3.63) is 17.5 Å². The van der Waals surface area contributed by atoms with E-state index in [0.717, 1.165) is 30.7 Å². The van der Waals surface area contributed by atoms with Gasteiger partial charge in [-0.2, -0.15) is 5.10 Å². The zero-order valence-electron chi connectivity index (χ0n) is 11.1. The lowest BCUT2D eigenvalue weighted by Gasteiger charge is -2.29. The van der Waals surface area contributed by atoms with E-state index in [1.807, 2.05) is 19.9 Å². The van der Waals surface area contributed by atoms with Gasteiger partial charge < -0.3 is 11.1 Å². The lowest BCUT2D eigenvalue weighted by Crippen LogP contribution is -2.50. The van der Waals surface area contributed by atoms with Gasteiger partial charge in [0.2, 0.25) is 5.91 Å². The lowest BCUT2D eigenvalue weighted by molar-refractivity contribution is -0.122. The number of nitrogens with one attached hydrogen (secondary N) is 1. The Morgan fingerprint density at radius 2 is 2.22 bits per heavy atom. The Bertz CT molecular complexity index is 427. The van der Waals surface area contributed by atoms with Crippen molar-refractivity contribution in [2.45, 2.75) is 58.2 Å². The first-order valence-corrected chi connectivity index (χ1v) is 6.62. The topological polar surface area (TPSA) is 72.9 Å². The Morgan fingerprint density at radius 3 is 2.83 bits per heavy atom. The highest BCUT2D eigenvalue weighted by molar-refractivity contribution is 5.76. The molecule has 1 fully saturated rings. The zero-order valence-corrected chi connectivity index (χ0v) is 11.1. The second-order valence-corrected chi connectivity index (χ2v) is 5.21. The number of amides is 1. The Labute approximate surface area is 108 Å². The van der Waals surface area contributed by atoms with Crippen LogP contribution in [0.15, 0.2) is 6.07 Å². The molecule has 2 rings (SSSR count). The molecule has 0 spiro atoms. The Kier molecular flexibility index (Phi) is 4.01. The van der Waals surface area contributed by atoms with Crippen LogP contribution in [0.1, 0.15) is 37.1 Å². The predicted octanol–water partition coefficient (Wildman–Crippen LogP) is 0.886. The largest absolute Gasteiger partial charge is 0.350 e. The highest BCUT2D eigenvalue weighted by Gasteiger charge is 2.23. The highest BCUT2D eigenvalue weighted by Crippen LogP contribution is 2.16. The minimum Gasteiger partial charge on any atom is -0.350 e. The van der Waals surface area contributed by atoms with Crippen LogP contribution in [-0.2, 0) is 11.3 Å². The third-order valence-corrected chi connectivity index (χ3v) is 3.56. The van der Waals surface area contributed by atoms with Gasteiger partial charge in [0.15, 0.2) is 0 Å². The maximum atomic E-state index is 12.0. The van der Waals surface area contributed by atoms with Crippen molar-refractivity contribution in [1.29, 1.82) is 0 Å². The van der Waals surface area contributed by atoms with E-state index >= 15 is 0 Å². The van der Waals surface area contributed by atoms with Crippen LogP contribution < -0.4 is 11.1 Å². The zero-order chi connectivity index (χ0) is 13.1. The molecule has 0 unspecified atom stereocenters. The van der Waals surface area contributed by atoms with E-state index in [1.54, 1.807) is 4.68 Å². The third kappa shape index (κ3) is 3.10. The first kappa shape index (κ1) is 13.1. The van der Waals surface area contributed by atoms with E-state index in [1.165, 1.54) is 6.42 Å². The molecular weight excluding hydrogens is 228 g/mol. The second-order valence-electron chi connectivity index (χ2n) is 5.21. The molecule has 0 aromatic carbocycles. The van der Waals surface area contributed by atoms with Crippen LogP contribution in [0.25, 0.3) is 0 Å². The number of carbonyl (C=O) groups excluding carboxylic acids is 1. The van der Waals surface area contributed by atoms with Gasteiger partial charge >= 0.3 is 0 Å². The molecule has 18 heavy (non-hydrogen) atoms. The molecule has 1 aliphatic rings. The van der Waals surface area contributed by atoms with Crippen molar-refractivity contribution in [1.82, 2.24) is 15.1 Å². The molecule has 0 saturated heterocycles. The first-order valence-electron chi connectivity index (χ1n) is 6.62. The van der Waals surface area contributed by atoms with Crippen molar-refractivity contribution < 1.29 is 4.79 Å². The lowest BCUT2D eigenvalue weighted by atomic mass is 9.91. The van der Waals surface area contributed by atoms with Gasteiger partial charge in [-0.1, -0.05) is 12.8 Å². The van der Waals surface area contributed by atoms with E-state index < -0.39 is 0 Å². The molecule has 100 valence electrons. The molecule has 0 aliphatic heterocycles. The average molecular weight is 250 g/mol. The van der Waals surface area contributed by atoms with Crippen LogP contribution in [0.2, 0.25) is 0 Å². The van der Waals surface area contributed by atoms with Gasteiger partial charge in [-0.15, -0.1) is 0 Å². The monoisotopic (exact) mass is 250 g/mol. The van der Waals surface area contributed by atoms with Gasteiger partial charge in [0.25, 0.3) is 0 Å². The van der Waals surface area contributed by atoms with E-state index in [2.05, 4.69) is 10.4 Å². The number of hydrogen-bond acceptors (Lipinski definition) is 3. The molecule has 1 saturated carbocycles. The molecule has 2 atom stereocenters. The minimum absolute atomic E-state index is 0.00329. The molecule has 1 aromatic rings. The summed E-state index contributed by atoms with van der Waals surface area (Å²) in [7, 11) is 0. The number of nitrogens with two attached hydrogens (primary N) is 1. The van der Waals surface area contributed by atoms with Crippen molar-refractivity contribution in [3.8, 4) is 0 Å². The fourth-order valence-corrected chi connectivity index (χ4v) is 2.56. The van der Waals surface area contributed by atoms with E-state index in [9.17, 15) is 4.79 Å². The average Bonchev–Trinajstić information content (AvgIpc) is 2.61. The normalized spacial score (nSPS) is 23.9. The fraction of sp³-hybridized carbons (Fsp3) is 0.692. The van der Waals surface area contributed by atoms with Crippen molar-refractivity contribution in [2.24, 2.45) is 5.73 Å². The van der Waals surface area contributed by atoms with Gasteiger partial charge in [-0.25, -0.2) is 0 Å². The molecule has 5 nitrogen and oxygen atoms in total. The maximum absolute atomic E-state index is 12.0. The molecule has 0 radical (unpaired) electrons. The summed E-state index contributed by atoms with van der Waals surface area (Å²) >= 11 is 0. The fourth-order valence-electron chi connectivity index (χ4n) is 2.56. The summed E-state index contributed by atoms with van der Waals surface area (Å²) in [6.45, 7) is 4.17. The highest BCUT2D eigenvalue weighted by atomic mass is 16.2. The van der Waals surface area contributed by atoms with E-state index in [4.69, 9.17) is 5.73 Å². The van der Waals surface area contributed by atoms with Crippen molar-refractivity contribution in [2.75, 3.05) is 0 Å². The summed E-state index contributed by atoms with van der Waals surface area (Å²) in [6.07, 6.45) is 4.32. The van der Waals surface area contributed by atoms with E-state index in [-0.39, 0.29) is 24.5 Å². The van der Waals surface area contributed by atoms with Crippen molar-refractivity contribution in [3.63, 3.8) is 0 Å². The third-order valence-electron chi connectivity index (χ3n) is 3.56. The van der Waals surface area contributed by atoms with Crippen LogP contribution >= 0.6 is 0 Å². The number of carbonyl (C=O) groups is 1. The molecule has 1 amide bonds. The quantitative estimate of drug-likeness (QED) is 0.836. The van der Waals surface area contributed by atoms with Crippen molar-refractivity contribution >= 4 is 5.91 Å². The Morgan fingerprint density at radius 1 is 1.50 bits per heavy atom. The summed E-state index contributed by atoms with van der Waals surface area (Å²) in [5.74, 6) is 0.00329. The number of rotatable bonds is 3. The van der Waals surface area contributed by atoms with Gasteiger partial charge in [0.05, 0.1) is 5.69 Å². The Balaban J connectivity index is 1.90. The summed E-state index contributed by atoms with van der Waals surface area (Å²) in [5, 5.41) is 7.32. The molecule has 5 heteroatoms. The van der Waals surface area contributed by atoms with Crippen LogP contribution in [0.4, 0.5) is 0 Å². The molecular formula is C13H22N4O. The smallest absolute Gasteiger partial charge is 0.242 e. The van der Waals surface area contributed by atoms with E-state index in [0.29, 0.717) is 0 Å². The summed E-state index contributed by atoms with van der Waals surface area (Å²) < 4.78 is 1.74. The predicted molar refractivity (Wildman–Crippen MR) is 70.1 cm³/mol. The Hall–Kier alpha value is -1.36. The maximum Gasteiger partial charge on any atom is 0.242 e. The molecule has 1 heterocycles. The second kappa shape index (κ2) is 5.52. The molecule has 1 aliphatic carbocycles. The molecule has 1 aromatic heterocycles. The number of aryl methyl sites for hydroxylation is 2. The minimum atomic E-state index is 0.00329. The molecule has 3 N–H and O–H groups in total. The van der Waals surface area contributed by atoms with Gasteiger partial charge in [0.1, 0.15) is 6.54 Å². The summed E-state index contributed by atoms with van der Waals surface area (Å²) in [4.78, 5) is 12.0. The number of hydrogen-bond donors (Lipinski definition) is 2.